The smallest absolute Gasteiger partial charge is 0.264 e. The minimum Gasteiger partial charge on any atom is -0.482 e. The number of nitrogens with zero attached hydrogens (tertiary/aromatic N) is 1. The van der Waals surface area contributed by atoms with Crippen LogP contribution in [-0.2, 0) is 16.0 Å². The lowest BCUT2D eigenvalue weighted by Gasteiger charge is -2.26. The molecule has 5 nitrogen and oxygen atoms in total. The number of fused-ring (bicyclic) bond motifs is 1. The molecule has 0 saturated carbocycles. The highest BCUT2D eigenvalue weighted by Crippen LogP contribution is 2.32. The summed E-state index contributed by atoms with van der Waals surface area (Å²) in [6.07, 6.45) is 0.101. The first-order chi connectivity index (χ1) is 11.4. The van der Waals surface area contributed by atoms with E-state index in [4.69, 9.17) is 16.3 Å². The zero-order valence-electron chi connectivity index (χ0n) is 12.8. The normalized spacial score (nSPS) is 13.3. The van der Waals surface area contributed by atoms with Crippen LogP contribution in [0.15, 0.2) is 36.4 Å². The van der Waals surface area contributed by atoms with Gasteiger partial charge in [-0.25, -0.2) is 4.39 Å². The minimum atomic E-state index is -0.544. The third-order valence-electron chi connectivity index (χ3n) is 3.68. The molecule has 0 aliphatic carbocycles. The van der Waals surface area contributed by atoms with Gasteiger partial charge in [0.25, 0.3) is 5.91 Å². The second-order valence-electron chi connectivity index (χ2n) is 5.40. The van der Waals surface area contributed by atoms with E-state index < -0.39 is 5.82 Å². The number of hydrogen-bond acceptors (Lipinski definition) is 3. The molecule has 2 aromatic carbocycles. The van der Waals surface area contributed by atoms with Crippen molar-refractivity contribution < 1.29 is 18.7 Å². The average molecular weight is 349 g/mol. The molecule has 2 amide bonds. The van der Waals surface area contributed by atoms with E-state index in [9.17, 15) is 14.0 Å². The van der Waals surface area contributed by atoms with Crippen LogP contribution in [-0.4, -0.2) is 25.5 Å². The fourth-order valence-corrected chi connectivity index (χ4v) is 2.57. The van der Waals surface area contributed by atoms with Gasteiger partial charge in [-0.1, -0.05) is 17.7 Å². The van der Waals surface area contributed by atoms with Gasteiger partial charge in [-0.05, 0) is 35.9 Å². The standard InChI is InChI=1S/C17H14ClFN2O3/c1-21-14-6-10(2-5-15(14)24-9-17(21)23)7-16(22)20-11-3-4-13(19)12(18)8-11/h2-6,8H,7,9H2,1H3,(H,20,22). The van der Waals surface area contributed by atoms with E-state index in [0.29, 0.717) is 17.1 Å². The molecule has 24 heavy (non-hydrogen) atoms. The Morgan fingerprint density at radius 2 is 2.12 bits per heavy atom. The summed E-state index contributed by atoms with van der Waals surface area (Å²) >= 11 is 5.69. The van der Waals surface area contributed by atoms with Gasteiger partial charge in [0.15, 0.2) is 6.61 Å². The molecule has 1 aliphatic heterocycles. The quantitative estimate of drug-likeness (QED) is 0.927. The SMILES string of the molecule is CN1C(=O)COc2ccc(CC(=O)Nc3ccc(F)c(Cl)c3)cc21. The molecule has 0 aromatic heterocycles. The Balaban J connectivity index is 1.73. The Hall–Kier alpha value is -2.60. The number of likely N-dealkylation sites (N-methyl/N-ethyl adjacent to an activating group) is 1. The van der Waals surface area contributed by atoms with Crippen LogP contribution in [0.2, 0.25) is 5.02 Å². The molecular weight excluding hydrogens is 335 g/mol. The molecule has 0 radical (unpaired) electrons. The number of benzene rings is 2. The molecule has 7 heteroatoms. The van der Waals surface area contributed by atoms with Gasteiger partial charge in [0.2, 0.25) is 5.91 Å². The molecule has 0 fully saturated rings. The lowest BCUT2D eigenvalue weighted by molar-refractivity contribution is -0.121. The van der Waals surface area contributed by atoms with E-state index in [1.807, 2.05) is 0 Å². The number of ether oxygens (including phenoxy) is 1. The summed E-state index contributed by atoms with van der Waals surface area (Å²) in [6.45, 7) is 0.00859. The Bertz CT molecular complexity index is 825. The molecule has 2 aromatic rings. The molecule has 0 saturated heterocycles. The highest BCUT2D eigenvalue weighted by atomic mass is 35.5. The summed E-state index contributed by atoms with van der Waals surface area (Å²) in [5.74, 6) is -0.364. The third-order valence-corrected chi connectivity index (χ3v) is 3.97. The van der Waals surface area contributed by atoms with Gasteiger partial charge in [0.05, 0.1) is 17.1 Å². The van der Waals surface area contributed by atoms with Crippen molar-refractivity contribution >= 4 is 34.8 Å². The Labute approximate surface area is 143 Å². The van der Waals surface area contributed by atoms with Crippen LogP contribution in [0.3, 0.4) is 0 Å². The Morgan fingerprint density at radius 1 is 1.33 bits per heavy atom. The topological polar surface area (TPSA) is 58.6 Å². The summed E-state index contributed by atoms with van der Waals surface area (Å²) in [4.78, 5) is 25.3. The summed E-state index contributed by atoms with van der Waals surface area (Å²) in [6, 6.07) is 9.21. The number of amides is 2. The molecule has 1 heterocycles. The van der Waals surface area contributed by atoms with E-state index in [2.05, 4.69) is 5.32 Å². The summed E-state index contributed by atoms with van der Waals surface area (Å²) in [5, 5.41) is 2.60. The van der Waals surface area contributed by atoms with Crippen LogP contribution in [0, 0.1) is 5.82 Å². The number of hydrogen-bond donors (Lipinski definition) is 1. The van der Waals surface area contributed by atoms with Crippen molar-refractivity contribution in [2.45, 2.75) is 6.42 Å². The molecule has 0 unspecified atom stereocenters. The highest BCUT2D eigenvalue weighted by molar-refractivity contribution is 6.31. The number of carbonyl (C=O) groups is 2. The second kappa shape index (κ2) is 6.49. The van der Waals surface area contributed by atoms with Crippen molar-refractivity contribution in [1.29, 1.82) is 0 Å². The van der Waals surface area contributed by atoms with Gasteiger partial charge in [-0.2, -0.15) is 0 Å². The Morgan fingerprint density at radius 3 is 2.88 bits per heavy atom. The van der Waals surface area contributed by atoms with Crippen LogP contribution < -0.4 is 15.0 Å². The first-order valence-corrected chi connectivity index (χ1v) is 7.59. The zero-order chi connectivity index (χ0) is 17.3. The summed E-state index contributed by atoms with van der Waals surface area (Å²) < 4.78 is 18.5. The van der Waals surface area contributed by atoms with Gasteiger partial charge < -0.3 is 15.0 Å². The Kier molecular flexibility index (Phi) is 4.40. The van der Waals surface area contributed by atoms with Gasteiger partial charge in [0, 0.05) is 12.7 Å². The third kappa shape index (κ3) is 3.33. The van der Waals surface area contributed by atoms with Crippen LogP contribution >= 0.6 is 11.6 Å². The van der Waals surface area contributed by atoms with E-state index in [1.165, 1.54) is 23.1 Å². The first kappa shape index (κ1) is 16.3. The van der Waals surface area contributed by atoms with Crippen molar-refractivity contribution in [3.8, 4) is 5.75 Å². The predicted molar refractivity (Wildman–Crippen MR) is 89.1 cm³/mol. The summed E-state index contributed by atoms with van der Waals surface area (Å²) in [7, 11) is 1.66. The largest absolute Gasteiger partial charge is 0.482 e. The number of anilines is 2. The maximum Gasteiger partial charge on any atom is 0.264 e. The molecule has 1 aliphatic rings. The molecule has 0 spiro atoms. The molecular formula is C17H14ClFN2O3. The summed E-state index contributed by atoms with van der Waals surface area (Å²) in [5.41, 5.74) is 1.77. The maximum atomic E-state index is 13.1. The van der Waals surface area contributed by atoms with Crippen molar-refractivity contribution in [1.82, 2.24) is 0 Å². The van der Waals surface area contributed by atoms with Gasteiger partial charge in [0.1, 0.15) is 11.6 Å². The van der Waals surface area contributed by atoms with Gasteiger partial charge >= 0.3 is 0 Å². The van der Waals surface area contributed by atoms with Crippen LogP contribution in [0.4, 0.5) is 15.8 Å². The van der Waals surface area contributed by atoms with E-state index in [1.54, 1.807) is 25.2 Å². The van der Waals surface area contributed by atoms with Crippen LogP contribution in [0.5, 0.6) is 5.75 Å². The molecule has 124 valence electrons. The number of carbonyl (C=O) groups excluding carboxylic acids is 2. The van der Waals surface area contributed by atoms with Crippen LogP contribution in [0.25, 0.3) is 0 Å². The van der Waals surface area contributed by atoms with Crippen molar-refractivity contribution in [2.24, 2.45) is 0 Å². The maximum absolute atomic E-state index is 13.1. The zero-order valence-corrected chi connectivity index (χ0v) is 13.6. The molecule has 0 atom stereocenters. The van der Waals surface area contributed by atoms with Crippen molar-refractivity contribution in [3.63, 3.8) is 0 Å². The van der Waals surface area contributed by atoms with Crippen molar-refractivity contribution in [2.75, 3.05) is 23.9 Å². The second-order valence-corrected chi connectivity index (χ2v) is 5.80. The predicted octanol–water partition coefficient (Wildman–Crippen LogP) is 3.02. The van der Waals surface area contributed by atoms with Crippen LogP contribution in [0.1, 0.15) is 5.56 Å². The van der Waals surface area contributed by atoms with Gasteiger partial charge in [-0.15, -0.1) is 0 Å². The number of rotatable bonds is 3. The fourth-order valence-electron chi connectivity index (χ4n) is 2.39. The number of nitrogens with one attached hydrogen (secondary N) is 1. The minimum absolute atomic E-state index is 0.00859. The first-order valence-electron chi connectivity index (χ1n) is 7.21. The van der Waals surface area contributed by atoms with E-state index in [0.717, 1.165) is 5.56 Å². The lowest BCUT2D eigenvalue weighted by atomic mass is 10.1. The van der Waals surface area contributed by atoms with E-state index >= 15 is 0 Å². The highest BCUT2D eigenvalue weighted by Gasteiger charge is 2.22. The van der Waals surface area contributed by atoms with Crippen molar-refractivity contribution in [3.05, 3.63) is 52.8 Å². The number of halogens is 2. The fraction of sp³-hybridized carbons (Fsp3) is 0.176. The lowest BCUT2D eigenvalue weighted by Crippen LogP contribution is -2.35. The monoisotopic (exact) mass is 348 g/mol. The molecule has 1 N–H and O–H groups in total. The average Bonchev–Trinajstić information content (AvgIpc) is 2.55. The molecule has 3 rings (SSSR count). The molecule has 0 bridgehead atoms. The van der Waals surface area contributed by atoms with Gasteiger partial charge in [-0.3, -0.25) is 9.59 Å². The van der Waals surface area contributed by atoms with E-state index in [-0.39, 0.29) is 29.9 Å².